The average Bonchev–Trinajstić information content (AvgIpc) is 3.32. The highest BCUT2D eigenvalue weighted by Crippen LogP contribution is 2.29. The van der Waals surface area contributed by atoms with Crippen LogP contribution in [0.1, 0.15) is 54.1 Å². The second-order valence-electron chi connectivity index (χ2n) is 9.27. The summed E-state index contributed by atoms with van der Waals surface area (Å²) in [5.41, 5.74) is 1.76. The molecule has 2 aromatic rings. The molecule has 1 heterocycles. The number of hydrogen-bond acceptors (Lipinski definition) is 3. The zero-order valence-corrected chi connectivity index (χ0v) is 19.2. The number of carbonyl (C=O) groups excluding carboxylic acids is 2. The van der Waals surface area contributed by atoms with Crippen LogP contribution in [0, 0.1) is 24.5 Å². The molecule has 0 unspecified atom stereocenters. The lowest BCUT2D eigenvalue weighted by atomic mass is 10.0. The predicted molar refractivity (Wildman–Crippen MR) is 124 cm³/mol. The lowest BCUT2D eigenvalue weighted by Crippen LogP contribution is -2.54. The minimum absolute atomic E-state index is 0.0837. The summed E-state index contributed by atoms with van der Waals surface area (Å²) in [4.78, 5) is 29.6. The van der Waals surface area contributed by atoms with E-state index < -0.39 is 17.5 Å². The van der Waals surface area contributed by atoms with E-state index in [-0.39, 0.29) is 23.4 Å². The minimum atomic E-state index is -0.622. The van der Waals surface area contributed by atoms with Gasteiger partial charge in [0.15, 0.2) is 0 Å². The van der Waals surface area contributed by atoms with E-state index >= 15 is 0 Å². The zero-order valence-electron chi connectivity index (χ0n) is 19.2. The Bertz CT molecular complexity index is 1040. The number of piperazine rings is 1. The van der Waals surface area contributed by atoms with Crippen molar-refractivity contribution < 1.29 is 18.4 Å². The van der Waals surface area contributed by atoms with Crippen LogP contribution in [-0.4, -0.2) is 47.3 Å². The minimum Gasteiger partial charge on any atom is -0.337 e. The molecule has 7 heteroatoms. The van der Waals surface area contributed by atoms with E-state index in [1.165, 1.54) is 30.3 Å². The molecule has 1 saturated heterocycles. The predicted octanol–water partition coefficient (Wildman–Crippen LogP) is 4.75. The molecule has 0 bridgehead atoms. The van der Waals surface area contributed by atoms with Gasteiger partial charge in [-0.3, -0.25) is 14.5 Å². The Hall–Kier alpha value is -2.80. The van der Waals surface area contributed by atoms with Crippen molar-refractivity contribution in [3.05, 3.63) is 64.7 Å². The van der Waals surface area contributed by atoms with Crippen LogP contribution in [0.5, 0.6) is 0 Å². The Kier molecular flexibility index (Phi) is 7.08. The van der Waals surface area contributed by atoms with E-state index in [0.29, 0.717) is 25.3 Å². The van der Waals surface area contributed by atoms with Crippen molar-refractivity contribution in [1.82, 2.24) is 9.80 Å². The molecule has 1 aliphatic carbocycles. The number of halogens is 2. The molecule has 2 aliphatic rings. The third-order valence-corrected chi connectivity index (χ3v) is 6.94. The molecular weight excluding hydrogens is 424 g/mol. The standard InChI is InChI=1S/C26H31F2N3O2/c1-17-15-30(11-12-31(17)26(33)19-7-3-4-8-19)16-20-13-21(27)14-24(18(20)2)29-25(32)22-9-5-6-10-23(22)28/h5-6,9-10,13-14,17,19H,3-4,7-8,11-12,15-16H2,1-2H3,(H,29,32)/t17-/m0/s1. The van der Waals surface area contributed by atoms with Crippen molar-refractivity contribution in [2.24, 2.45) is 5.92 Å². The first-order chi connectivity index (χ1) is 15.8. The number of benzene rings is 2. The number of carbonyl (C=O) groups is 2. The van der Waals surface area contributed by atoms with Gasteiger partial charge in [-0.25, -0.2) is 8.78 Å². The Morgan fingerprint density at radius 1 is 1.09 bits per heavy atom. The van der Waals surface area contributed by atoms with E-state index in [0.717, 1.165) is 43.4 Å². The molecule has 4 rings (SSSR count). The topological polar surface area (TPSA) is 52.6 Å². The molecule has 33 heavy (non-hydrogen) atoms. The molecule has 1 aliphatic heterocycles. The molecule has 2 fully saturated rings. The second kappa shape index (κ2) is 10.00. The van der Waals surface area contributed by atoms with Gasteiger partial charge in [0, 0.05) is 43.8 Å². The maximum absolute atomic E-state index is 14.4. The lowest BCUT2D eigenvalue weighted by molar-refractivity contribution is -0.140. The smallest absolute Gasteiger partial charge is 0.258 e. The van der Waals surface area contributed by atoms with E-state index in [2.05, 4.69) is 17.1 Å². The molecule has 0 spiro atoms. The summed E-state index contributed by atoms with van der Waals surface area (Å²) >= 11 is 0. The van der Waals surface area contributed by atoms with Crippen molar-refractivity contribution in [3.8, 4) is 0 Å². The Balaban J connectivity index is 1.43. The van der Waals surface area contributed by atoms with Gasteiger partial charge in [0.1, 0.15) is 11.6 Å². The van der Waals surface area contributed by atoms with Gasteiger partial charge in [0.05, 0.1) is 5.56 Å². The van der Waals surface area contributed by atoms with Gasteiger partial charge >= 0.3 is 0 Å². The highest BCUT2D eigenvalue weighted by molar-refractivity contribution is 6.04. The average molecular weight is 456 g/mol. The highest BCUT2D eigenvalue weighted by atomic mass is 19.1. The van der Waals surface area contributed by atoms with E-state index in [1.54, 1.807) is 6.07 Å². The van der Waals surface area contributed by atoms with Crippen molar-refractivity contribution in [3.63, 3.8) is 0 Å². The van der Waals surface area contributed by atoms with Crippen molar-refractivity contribution >= 4 is 17.5 Å². The van der Waals surface area contributed by atoms with Crippen LogP contribution in [0.4, 0.5) is 14.5 Å². The van der Waals surface area contributed by atoms with Crippen LogP contribution >= 0.6 is 0 Å². The van der Waals surface area contributed by atoms with Crippen LogP contribution in [0.25, 0.3) is 0 Å². The largest absolute Gasteiger partial charge is 0.337 e. The van der Waals surface area contributed by atoms with Crippen molar-refractivity contribution in [1.29, 1.82) is 0 Å². The number of rotatable bonds is 5. The number of nitrogens with one attached hydrogen (secondary N) is 1. The molecule has 1 saturated carbocycles. The molecule has 0 radical (unpaired) electrons. The van der Waals surface area contributed by atoms with Gasteiger partial charge in [0.25, 0.3) is 5.91 Å². The molecular formula is C26H31F2N3O2. The quantitative estimate of drug-likeness (QED) is 0.708. The lowest BCUT2D eigenvalue weighted by Gasteiger charge is -2.41. The van der Waals surface area contributed by atoms with Gasteiger partial charge in [-0.05, 0) is 62.1 Å². The molecule has 5 nitrogen and oxygen atoms in total. The summed E-state index contributed by atoms with van der Waals surface area (Å²) in [5, 5.41) is 2.66. The fourth-order valence-electron chi connectivity index (χ4n) is 5.02. The fraction of sp³-hybridized carbons (Fsp3) is 0.462. The van der Waals surface area contributed by atoms with Crippen LogP contribution in [0.3, 0.4) is 0 Å². The van der Waals surface area contributed by atoms with Crippen molar-refractivity contribution in [2.75, 3.05) is 25.0 Å². The van der Waals surface area contributed by atoms with Crippen LogP contribution in [0.2, 0.25) is 0 Å². The van der Waals surface area contributed by atoms with Gasteiger partial charge in [-0.1, -0.05) is 25.0 Å². The molecule has 2 amide bonds. The summed E-state index contributed by atoms with van der Waals surface area (Å²) < 4.78 is 28.4. The third-order valence-electron chi connectivity index (χ3n) is 6.94. The summed E-state index contributed by atoms with van der Waals surface area (Å²) in [6.45, 7) is 6.51. The SMILES string of the molecule is Cc1c(CN2CCN(C(=O)C3CCCC3)[C@@H](C)C2)cc(F)cc1NC(=O)c1ccccc1F. The van der Waals surface area contributed by atoms with Crippen LogP contribution < -0.4 is 5.32 Å². The second-order valence-corrected chi connectivity index (χ2v) is 9.27. The van der Waals surface area contributed by atoms with Gasteiger partial charge in [0.2, 0.25) is 5.91 Å². The molecule has 1 N–H and O–H groups in total. The first-order valence-corrected chi connectivity index (χ1v) is 11.7. The fourth-order valence-corrected chi connectivity index (χ4v) is 5.02. The Morgan fingerprint density at radius 3 is 2.52 bits per heavy atom. The number of nitrogens with zero attached hydrogens (tertiary/aromatic N) is 2. The van der Waals surface area contributed by atoms with E-state index in [4.69, 9.17) is 0 Å². The summed E-state index contributed by atoms with van der Waals surface area (Å²) in [7, 11) is 0. The zero-order chi connectivity index (χ0) is 23.5. The number of amides is 2. The van der Waals surface area contributed by atoms with Gasteiger partial charge < -0.3 is 10.2 Å². The van der Waals surface area contributed by atoms with E-state index in [9.17, 15) is 18.4 Å². The highest BCUT2D eigenvalue weighted by Gasteiger charge is 2.33. The van der Waals surface area contributed by atoms with Crippen LogP contribution in [0.15, 0.2) is 36.4 Å². The number of anilines is 1. The first kappa shape index (κ1) is 23.4. The maximum atomic E-state index is 14.4. The molecule has 0 aromatic heterocycles. The van der Waals surface area contributed by atoms with Crippen LogP contribution in [-0.2, 0) is 11.3 Å². The third kappa shape index (κ3) is 5.24. The Morgan fingerprint density at radius 2 is 1.82 bits per heavy atom. The molecule has 1 atom stereocenters. The summed E-state index contributed by atoms with van der Waals surface area (Å²) in [6, 6.07) is 8.55. The van der Waals surface area contributed by atoms with Crippen molar-refractivity contribution in [2.45, 2.75) is 52.1 Å². The molecule has 176 valence electrons. The number of hydrogen-bond donors (Lipinski definition) is 1. The maximum Gasteiger partial charge on any atom is 0.258 e. The normalized spacial score (nSPS) is 19.6. The first-order valence-electron chi connectivity index (χ1n) is 11.7. The van der Waals surface area contributed by atoms with Gasteiger partial charge in [-0.2, -0.15) is 0 Å². The van der Waals surface area contributed by atoms with Gasteiger partial charge in [-0.15, -0.1) is 0 Å². The molecule has 2 aromatic carbocycles. The summed E-state index contributed by atoms with van der Waals surface area (Å²) in [6.07, 6.45) is 4.27. The van der Waals surface area contributed by atoms with E-state index in [1.807, 2.05) is 11.8 Å². The monoisotopic (exact) mass is 455 g/mol. The summed E-state index contributed by atoms with van der Waals surface area (Å²) in [5.74, 6) is -1.24. The Labute approximate surface area is 193 Å².